The van der Waals surface area contributed by atoms with Crippen molar-refractivity contribution in [2.45, 2.75) is 0 Å². The summed E-state index contributed by atoms with van der Waals surface area (Å²) in [6.45, 7) is 0. The van der Waals surface area contributed by atoms with E-state index in [9.17, 15) is 4.79 Å². The first-order valence-corrected chi connectivity index (χ1v) is 3.07. The van der Waals surface area contributed by atoms with Crippen molar-refractivity contribution >= 4 is 12.2 Å². The molecule has 0 aliphatic rings. The van der Waals surface area contributed by atoms with Crippen LogP contribution in [0, 0.1) is 0 Å². The molecule has 0 fully saturated rings. The number of pyridine rings is 1. The predicted molar refractivity (Wildman–Crippen MR) is 41.4 cm³/mol. The summed E-state index contributed by atoms with van der Waals surface area (Å²) < 4.78 is 0. The average molecular weight is 146 g/mol. The lowest BCUT2D eigenvalue weighted by Gasteiger charge is -1.86. The second kappa shape index (κ2) is 4.14. The van der Waals surface area contributed by atoms with Crippen molar-refractivity contribution in [3.63, 3.8) is 0 Å². The topological polar surface area (TPSA) is 42.3 Å². The number of aromatic nitrogens is 1. The van der Waals surface area contributed by atoms with Gasteiger partial charge in [-0.05, 0) is 17.7 Å². The van der Waals surface area contributed by atoms with Gasteiger partial charge in [0, 0.05) is 18.6 Å². The molecule has 0 aliphatic heterocycles. The van der Waals surface area contributed by atoms with Crippen molar-refractivity contribution in [1.29, 1.82) is 0 Å². The Hall–Kier alpha value is -1.73. The summed E-state index contributed by atoms with van der Waals surface area (Å²) in [5, 5.41) is 0. The lowest BCUT2D eigenvalue weighted by atomic mass is 10.3. The third-order valence-corrected chi connectivity index (χ3v) is 1.08. The van der Waals surface area contributed by atoms with Gasteiger partial charge < -0.3 is 0 Å². The highest BCUT2D eigenvalue weighted by Gasteiger charge is 1.80. The van der Waals surface area contributed by atoms with Crippen molar-refractivity contribution in [2.75, 3.05) is 0 Å². The van der Waals surface area contributed by atoms with Crippen LogP contribution >= 0.6 is 0 Å². The maximum atomic E-state index is 9.64. The highest BCUT2D eigenvalue weighted by molar-refractivity contribution is 5.49. The smallest absolute Gasteiger partial charge is 0.239 e. The fourth-order valence-electron chi connectivity index (χ4n) is 0.628. The number of hydrogen-bond donors (Lipinski definition) is 0. The predicted octanol–water partition coefficient (Wildman–Crippen LogP) is 1.39. The molecule has 0 saturated heterocycles. The van der Waals surface area contributed by atoms with E-state index in [0.29, 0.717) is 0 Å². The Labute approximate surface area is 64.1 Å². The van der Waals surface area contributed by atoms with E-state index in [4.69, 9.17) is 0 Å². The summed E-state index contributed by atoms with van der Waals surface area (Å²) >= 11 is 0. The van der Waals surface area contributed by atoms with E-state index in [2.05, 4.69) is 9.98 Å². The molecule has 1 heterocycles. The molecule has 0 amide bonds. The Morgan fingerprint density at radius 3 is 3.18 bits per heavy atom. The van der Waals surface area contributed by atoms with Crippen LogP contribution in [0.15, 0.2) is 35.7 Å². The largest absolute Gasteiger partial charge is 0.264 e. The number of isocyanates is 1. The van der Waals surface area contributed by atoms with Crippen molar-refractivity contribution in [1.82, 2.24) is 4.98 Å². The van der Waals surface area contributed by atoms with Crippen molar-refractivity contribution in [3.8, 4) is 0 Å². The van der Waals surface area contributed by atoms with Gasteiger partial charge in [0.25, 0.3) is 0 Å². The summed E-state index contributed by atoms with van der Waals surface area (Å²) in [7, 11) is 0. The molecular formula is C8H6N2O. The van der Waals surface area contributed by atoms with Crippen LogP contribution in [0.25, 0.3) is 6.08 Å². The molecule has 0 bridgehead atoms. The van der Waals surface area contributed by atoms with Crippen LogP contribution in [-0.2, 0) is 4.79 Å². The van der Waals surface area contributed by atoms with Crippen LogP contribution in [0.2, 0.25) is 0 Å². The van der Waals surface area contributed by atoms with Gasteiger partial charge in [0.15, 0.2) is 0 Å². The molecule has 0 aromatic carbocycles. The van der Waals surface area contributed by atoms with E-state index in [1.807, 2.05) is 12.1 Å². The standard InChI is InChI=1S/C8H6N2O/c11-7-10-5-3-8-2-1-4-9-6-8/h1-6H/b5-3-. The van der Waals surface area contributed by atoms with Gasteiger partial charge in [-0.15, -0.1) is 0 Å². The van der Waals surface area contributed by atoms with Crippen molar-refractivity contribution in [2.24, 2.45) is 4.99 Å². The Kier molecular flexibility index (Phi) is 2.78. The first-order valence-electron chi connectivity index (χ1n) is 3.07. The van der Waals surface area contributed by atoms with E-state index in [1.54, 1.807) is 18.5 Å². The minimum Gasteiger partial charge on any atom is -0.264 e. The fourth-order valence-corrected chi connectivity index (χ4v) is 0.628. The van der Waals surface area contributed by atoms with Gasteiger partial charge in [-0.25, -0.2) is 4.79 Å². The number of hydrogen-bond acceptors (Lipinski definition) is 3. The second-order valence-corrected chi connectivity index (χ2v) is 1.82. The van der Waals surface area contributed by atoms with Gasteiger partial charge in [-0.2, -0.15) is 4.99 Å². The lowest BCUT2D eigenvalue weighted by Crippen LogP contribution is -1.71. The second-order valence-electron chi connectivity index (χ2n) is 1.82. The van der Waals surface area contributed by atoms with E-state index >= 15 is 0 Å². The van der Waals surface area contributed by atoms with Crippen LogP contribution in [-0.4, -0.2) is 11.1 Å². The molecule has 3 heteroatoms. The van der Waals surface area contributed by atoms with Crippen LogP contribution in [0.4, 0.5) is 0 Å². The van der Waals surface area contributed by atoms with Crippen LogP contribution in [0.5, 0.6) is 0 Å². The minimum absolute atomic E-state index is 0.909. The molecule has 0 unspecified atom stereocenters. The third-order valence-electron chi connectivity index (χ3n) is 1.08. The third kappa shape index (κ3) is 2.56. The van der Waals surface area contributed by atoms with Gasteiger partial charge in [-0.1, -0.05) is 6.07 Å². The number of aliphatic imine (C=N–C) groups is 1. The van der Waals surface area contributed by atoms with Gasteiger partial charge in [0.1, 0.15) is 0 Å². The highest BCUT2D eigenvalue weighted by Crippen LogP contribution is 1.97. The van der Waals surface area contributed by atoms with E-state index < -0.39 is 0 Å². The summed E-state index contributed by atoms with van der Waals surface area (Å²) in [6, 6.07) is 3.67. The zero-order valence-corrected chi connectivity index (χ0v) is 5.77. The minimum atomic E-state index is 0.909. The van der Waals surface area contributed by atoms with Gasteiger partial charge in [0.05, 0.1) is 0 Å². The molecule has 1 rings (SSSR count). The van der Waals surface area contributed by atoms with E-state index in [-0.39, 0.29) is 0 Å². The summed E-state index contributed by atoms with van der Waals surface area (Å²) in [6.07, 6.45) is 7.82. The van der Waals surface area contributed by atoms with Gasteiger partial charge >= 0.3 is 0 Å². The Morgan fingerprint density at radius 1 is 1.64 bits per heavy atom. The summed E-state index contributed by atoms with van der Waals surface area (Å²) in [4.78, 5) is 16.8. The molecule has 54 valence electrons. The normalized spacial score (nSPS) is 9.45. The Bertz CT molecular complexity index is 286. The van der Waals surface area contributed by atoms with E-state index in [1.165, 1.54) is 12.3 Å². The van der Waals surface area contributed by atoms with Crippen LogP contribution < -0.4 is 0 Å². The maximum absolute atomic E-state index is 9.64. The lowest BCUT2D eigenvalue weighted by molar-refractivity contribution is 0.565. The summed E-state index contributed by atoms with van der Waals surface area (Å²) in [5.74, 6) is 0. The Balaban J connectivity index is 2.72. The molecule has 0 saturated carbocycles. The first kappa shape index (κ1) is 7.38. The van der Waals surface area contributed by atoms with Crippen molar-refractivity contribution < 1.29 is 4.79 Å². The summed E-state index contributed by atoms with van der Waals surface area (Å²) in [5.41, 5.74) is 0.909. The van der Waals surface area contributed by atoms with Crippen LogP contribution in [0.1, 0.15) is 5.56 Å². The van der Waals surface area contributed by atoms with Gasteiger partial charge in [0.2, 0.25) is 6.08 Å². The zero-order chi connectivity index (χ0) is 7.94. The SMILES string of the molecule is O=C=N/C=C\c1cccnc1. The molecule has 0 aliphatic carbocycles. The first-order chi connectivity index (χ1) is 5.43. The molecule has 0 spiro atoms. The monoisotopic (exact) mass is 146 g/mol. The molecule has 1 aromatic rings. The quantitative estimate of drug-likeness (QED) is 0.467. The van der Waals surface area contributed by atoms with Crippen molar-refractivity contribution in [3.05, 3.63) is 36.3 Å². The maximum Gasteiger partial charge on any atom is 0.239 e. The van der Waals surface area contributed by atoms with Crippen LogP contribution in [0.3, 0.4) is 0 Å². The van der Waals surface area contributed by atoms with E-state index in [0.717, 1.165) is 5.56 Å². The molecular weight excluding hydrogens is 140 g/mol. The van der Waals surface area contributed by atoms with Gasteiger partial charge in [-0.3, -0.25) is 4.98 Å². The number of carbonyl (C=O) groups excluding carboxylic acids is 1. The molecule has 1 aromatic heterocycles. The molecule has 11 heavy (non-hydrogen) atoms. The Morgan fingerprint density at radius 2 is 2.55 bits per heavy atom. The number of rotatable bonds is 2. The average Bonchev–Trinajstić information content (AvgIpc) is 2.07. The highest BCUT2D eigenvalue weighted by atomic mass is 16.1. The molecule has 3 nitrogen and oxygen atoms in total. The molecule has 0 atom stereocenters. The molecule has 0 radical (unpaired) electrons. The molecule has 0 N–H and O–H groups in total. The number of nitrogens with zero attached hydrogens (tertiary/aromatic N) is 2. The fraction of sp³-hybridized carbons (Fsp3) is 0. The zero-order valence-electron chi connectivity index (χ0n) is 5.77.